The molecule has 0 spiro atoms. The molecule has 1 unspecified atom stereocenters. The fourth-order valence-electron chi connectivity index (χ4n) is 15.3. The van der Waals surface area contributed by atoms with E-state index in [1.54, 1.807) is 6.92 Å². The number of ether oxygens (including phenoxy) is 7. The van der Waals surface area contributed by atoms with Gasteiger partial charge in [-0.25, -0.2) is 4.79 Å². The number of fused-ring (bicyclic) bond motifs is 15. The first-order chi connectivity index (χ1) is 57.5. The van der Waals surface area contributed by atoms with Crippen LogP contribution in [-0.4, -0.2) is 204 Å². The third-order valence-corrected chi connectivity index (χ3v) is 22.6. The standard InChI is InChI=1S/C84H101Cl2N9O26/c1-8-9-10-11-12-13-24-115-46-19-14-40(15-20-46)35-89-38(4)74(105)84(6)34-61(116-39(5)75(84)106)120-73-71(104)70(103)59(36-96)119-83(73)121-72-57-29-44-30-58(72)118-56-23-18-43(28-50(56)86)69(102)67-81(112)93-65(82(113)114)48-31-45(97)32-54(99)62(48)47-26-41(16-21-53(47)98)63(78(109)95-67)92-79(110)64(44)91-77(108)52(33-60(87)100)90-80(111)66(94-76(107)51(88-7)25-37(2)3)68(101)42-17-22-55(117-57)49(85)27-42/h14-23,26-32,37-39,51-52,59,61,63-71,73,75,83,88-89,96-99,101-104,106H,8-13,24-25,33-36H2,1-7H3,(H2,87,100)(H,90,111)(H,91,108)(H,92,110)(H,93,112)(H,94,107)(H,95,109)(H,113,114)/t38-,39-,51+,52-,59+,61-,63+,64+,65?,66+,67-,68+,69+,70+,71-,73+,75+,83-,84+/m0/s1. The number of nitrogens with one attached hydrogen (secondary N) is 8. The molecule has 0 saturated carbocycles. The minimum absolute atomic E-state index is 0.115. The fraction of sp³-hybridized carbons (Fsp3) is 0.464. The third-order valence-electron chi connectivity index (χ3n) is 22.0. The molecule has 6 aromatic rings. The van der Waals surface area contributed by atoms with E-state index in [4.69, 9.17) is 62.1 Å². The van der Waals surface area contributed by atoms with Crippen LogP contribution in [0.3, 0.4) is 0 Å². The molecule has 2 fully saturated rings. The molecule has 652 valence electrons. The Morgan fingerprint density at radius 1 is 0.678 bits per heavy atom. The van der Waals surface area contributed by atoms with E-state index in [9.17, 15) is 79.8 Å². The summed E-state index contributed by atoms with van der Waals surface area (Å²) in [6, 6.07) is 5.54. The number of aliphatic hydroxyl groups excluding tert-OH is 6. The molecule has 7 amide bonds. The summed E-state index contributed by atoms with van der Waals surface area (Å²) in [4.78, 5) is 133. The summed E-state index contributed by atoms with van der Waals surface area (Å²) in [7, 11) is 1.47. The highest BCUT2D eigenvalue weighted by molar-refractivity contribution is 6.32. The molecular weight excluding hydrogens is 1620 g/mol. The first-order valence-corrected chi connectivity index (χ1v) is 40.4. The largest absolute Gasteiger partial charge is 0.508 e. The van der Waals surface area contributed by atoms with E-state index in [1.807, 2.05) is 38.1 Å². The van der Waals surface area contributed by atoms with Crippen LogP contribution in [0.2, 0.25) is 10.0 Å². The van der Waals surface area contributed by atoms with E-state index in [0.717, 1.165) is 98.0 Å². The number of amides is 7. The molecule has 35 nitrogen and oxygen atoms in total. The normalized spacial score (nSPS) is 26.7. The van der Waals surface area contributed by atoms with Gasteiger partial charge in [0.05, 0.1) is 59.4 Å². The van der Waals surface area contributed by atoms with Crippen LogP contribution in [0.15, 0.2) is 103 Å². The summed E-state index contributed by atoms with van der Waals surface area (Å²) in [5.74, 6) is -16.1. The number of aliphatic carboxylic acids is 1. The topological polar surface area (TPSA) is 543 Å². The van der Waals surface area contributed by atoms with Crippen molar-refractivity contribution in [2.24, 2.45) is 17.1 Å². The predicted octanol–water partition coefficient (Wildman–Crippen LogP) is 4.88. The molecule has 0 radical (unpaired) electrons. The number of carboxylic acid groups (broad SMARTS) is 1. The van der Waals surface area contributed by atoms with Crippen LogP contribution in [0.4, 0.5) is 0 Å². The number of hydrogen-bond acceptors (Lipinski definition) is 27. The number of aromatic hydroxyl groups is 3. The van der Waals surface area contributed by atoms with Crippen molar-refractivity contribution in [3.63, 3.8) is 0 Å². The minimum Gasteiger partial charge on any atom is -0.508 e. The molecule has 121 heavy (non-hydrogen) atoms. The number of carboxylic acids is 1. The van der Waals surface area contributed by atoms with Crippen LogP contribution in [-0.2, 0) is 63.9 Å². The van der Waals surface area contributed by atoms with Crippen molar-refractivity contribution in [3.05, 3.63) is 147 Å². The van der Waals surface area contributed by atoms with Crippen LogP contribution >= 0.6 is 23.2 Å². The Kier molecular flexibility index (Phi) is 29.8. The lowest BCUT2D eigenvalue weighted by molar-refractivity contribution is -0.336. The van der Waals surface area contributed by atoms with Crippen LogP contribution in [0, 0.1) is 11.3 Å². The zero-order chi connectivity index (χ0) is 87.7. The van der Waals surface area contributed by atoms with Gasteiger partial charge in [0, 0.05) is 35.7 Å². The van der Waals surface area contributed by atoms with Gasteiger partial charge in [-0.15, -0.1) is 0 Å². The van der Waals surface area contributed by atoms with Crippen molar-refractivity contribution in [2.75, 3.05) is 20.3 Å². The number of unbranched alkanes of at least 4 members (excludes halogenated alkanes) is 5. The first kappa shape index (κ1) is 91.2. The van der Waals surface area contributed by atoms with Gasteiger partial charge in [-0.05, 0) is 141 Å². The zero-order valence-electron chi connectivity index (χ0n) is 67.1. The number of primary amides is 1. The molecular formula is C84H101Cl2N9O26. The molecule has 0 aromatic heterocycles. The highest BCUT2D eigenvalue weighted by Crippen LogP contribution is 2.51. The summed E-state index contributed by atoms with van der Waals surface area (Å²) in [6.07, 6.45) is -13.3. The number of carbonyl (C=O) groups excluding carboxylic acids is 8. The Balaban J connectivity index is 1.06. The SMILES string of the molecule is CCCCCCCCOc1ccc(CN[C@@H](C)C(=O)[C@@]2(C)C[C@H](O[C@H]3[C@H](Oc4c5cc6cc4Oc4ccc(cc4Cl)[C@@H](O)[C@@H](NC(=O)[C@@H](CC(C)C)NC)C(=O)N[C@@H](CC(N)=O)C(=O)N[C@H]6C(=O)N[C@H]4C(=O)N[C@H](C(=O)NC(C(=O)O)c6cc(O)cc(O)c6-c6cc4ccc6O)[C@H](O)c4ccc(c(Cl)c4)O5)O[C@H](CO)[C@@H](O)[C@@H]3O)O[C@@H](C)[C@H]2O)cc1. The molecule has 7 heterocycles. The number of carbonyl (C=O) groups is 9. The predicted molar refractivity (Wildman–Crippen MR) is 431 cm³/mol. The highest BCUT2D eigenvalue weighted by Gasteiger charge is 2.55. The van der Waals surface area contributed by atoms with Gasteiger partial charge in [0.25, 0.3) is 0 Å². The second-order valence-corrected chi connectivity index (χ2v) is 32.2. The molecule has 7 aliphatic heterocycles. The van der Waals surface area contributed by atoms with Crippen LogP contribution in [0.1, 0.15) is 163 Å². The monoisotopic (exact) mass is 1720 g/mol. The van der Waals surface area contributed by atoms with Gasteiger partial charge >= 0.3 is 5.97 Å². The Morgan fingerprint density at radius 3 is 1.92 bits per heavy atom. The molecule has 13 rings (SSSR count). The van der Waals surface area contributed by atoms with Crippen molar-refractivity contribution in [1.82, 2.24) is 42.5 Å². The number of phenols is 3. The van der Waals surface area contributed by atoms with E-state index in [2.05, 4.69) is 49.5 Å². The van der Waals surface area contributed by atoms with E-state index in [1.165, 1.54) is 45.9 Å². The van der Waals surface area contributed by atoms with Gasteiger partial charge in [-0.2, -0.15) is 0 Å². The smallest absolute Gasteiger partial charge is 0.330 e. The fourth-order valence-corrected chi connectivity index (χ4v) is 15.8. The third kappa shape index (κ3) is 21.0. The number of rotatable bonds is 26. The molecule has 19 atom stereocenters. The Labute approximate surface area is 705 Å². The van der Waals surface area contributed by atoms with Crippen LogP contribution in [0.5, 0.6) is 51.7 Å². The summed E-state index contributed by atoms with van der Waals surface area (Å²) in [6.45, 7) is 10.1. The lowest BCUT2D eigenvalue weighted by atomic mass is 9.71. The maximum absolute atomic E-state index is 16.2. The summed E-state index contributed by atoms with van der Waals surface area (Å²) >= 11 is 14.3. The summed E-state index contributed by atoms with van der Waals surface area (Å²) in [5.41, 5.74) is 1.96. The highest BCUT2D eigenvalue weighted by atomic mass is 35.5. The van der Waals surface area contributed by atoms with Gasteiger partial charge in [-0.3, -0.25) is 38.4 Å². The zero-order valence-corrected chi connectivity index (χ0v) is 68.6. The quantitative estimate of drug-likeness (QED) is 0.0322. The summed E-state index contributed by atoms with van der Waals surface area (Å²) in [5, 5.41) is 137. The van der Waals surface area contributed by atoms with Gasteiger partial charge in [0.15, 0.2) is 35.7 Å². The second-order valence-electron chi connectivity index (χ2n) is 31.4. The lowest BCUT2D eigenvalue weighted by Crippen LogP contribution is -2.63. The molecule has 2 saturated heterocycles. The van der Waals surface area contributed by atoms with Crippen molar-refractivity contribution in [2.45, 2.75) is 216 Å². The Morgan fingerprint density at radius 2 is 1.30 bits per heavy atom. The molecule has 7 aliphatic rings. The number of ketones is 1. The maximum atomic E-state index is 16.2. The average molecular weight is 1720 g/mol. The molecule has 0 aliphatic carbocycles. The number of likely N-dealkylation sites (N-methyl/N-ethyl adjacent to an activating group) is 1. The number of Topliss-reactive ketones (excluding diaryl/α,β-unsaturated/α-hetero) is 1. The number of benzene rings is 6. The molecule has 11 bridgehead atoms. The molecule has 20 N–H and O–H groups in total. The van der Waals surface area contributed by atoms with Crippen molar-refractivity contribution in [1.29, 1.82) is 0 Å². The first-order valence-electron chi connectivity index (χ1n) is 39.7. The van der Waals surface area contributed by atoms with E-state index in [0.29, 0.717) is 12.4 Å². The summed E-state index contributed by atoms with van der Waals surface area (Å²) < 4.78 is 45.3. The van der Waals surface area contributed by atoms with Gasteiger partial charge in [-0.1, -0.05) is 106 Å². The molecule has 6 aromatic carbocycles. The van der Waals surface area contributed by atoms with Crippen molar-refractivity contribution >= 4 is 76.3 Å². The number of nitrogens with two attached hydrogens (primary N) is 1. The number of phenolic OH excluding ortho intramolecular Hbond substituents is 3. The second kappa shape index (κ2) is 39.6. The van der Waals surface area contributed by atoms with E-state index >= 15 is 14.4 Å². The van der Waals surface area contributed by atoms with Crippen molar-refractivity contribution in [3.8, 4) is 62.9 Å². The maximum Gasteiger partial charge on any atom is 0.330 e. The van der Waals surface area contributed by atoms with Crippen molar-refractivity contribution < 1.29 is 127 Å². The van der Waals surface area contributed by atoms with Crippen LogP contribution < -0.4 is 67.2 Å². The number of hydrogen-bond donors (Lipinski definition) is 19. The lowest BCUT2D eigenvalue weighted by Gasteiger charge is -2.48. The van der Waals surface area contributed by atoms with E-state index in [-0.39, 0.29) is 46.3 Å². The molecule has 37 heteroatoms. The van der Waals surface area contributed by atoms with Gasteiger partial charge in [0.1, 0.15) is 95.2 Å². The van der Waals surface area contributed by atoms with Gasteiger partial charge in [0.2, 0.25) is 53.4 Å². The van der Waals surface area contributed by atoms with E-state index < -0.39 is 255 Å². The number of aliphatic hydroxyl groups is 6. The van der Waals surface area contributed by atoms with Crippen LogP contribution in [0.25, 0.3) is 11.1 Å². The minimum atomic E-state index is -2.39. The average Bonchev–Trinajstić information content (AvgIpc) is 0.759. The number of halogens is 2. The Hall–Kier alpha value is -10.5. The van der Waals surface area contributed by atoms with Gasteiger partial charge < -0.3 is 132 Å². The Bertz CT molecular complexity index is 4830.